The van der Waals surface area contributed by atoms with E-state index in [4.69, 9.17) is 14.6 Å². The average molecular weight is 775 g/mol. The maximum atomic E-state index is 15.4. The van der Waals surface area contributed by atoms with Crippen molar-refractivity contribution in [2.24, 2.45) is 0 Å². The Labute approximate surface area is 302 Å². The molecule has 54 heavy (non-hydrogen) atoms. The Hall–Kier alpha value is -4.85. The first kappa shape index (κ1) is 40.3. The predicted molar refractivity (Wildman–Crippen MR) is 173 cm³/mol. The Morgan fingerprint density at radius 1 is 1.04 bits per heavy atom. The van der Waals surface area contributed by atoms with Gasteiger partial charge in [0.1, 0.15) is 23.1 Å². The molecule has 1 fully saturated rings. The van der Waals surface area contributed by atoms with Crippen LogP contribution in [0.2, 0.25) is 0 Å². The number of hydrogen-bond donors (Lipinski definition) is 4. The lowest BCUT2D eigenvalue weighted by Crippen LogP contribution is -2.60. The predicted octanol–water partition coefficient (Wildman–Crippen LogP) is 5.77. The van der Waals surface area contributed by atoms with Crippen molar-refractivity contribution in [1.29, 1.82) is 0 Å². The first-order chi connectivity index (χ1) is 25.4. The van der Waals surface area contributed by atoms with E-state index in [0.29, 0.717) is 30.8 Å². The van der Waals surface area contributed by atoms with E-state index in [1.807, 2.05) is 0 Å². The van der Waals surface area contributed by atoms with Crippen molar-refractivity contribution >= 4 is 17.5 Å². The number of anilines is 1. The number of hydrogen-bond acceptors (Lipinski definition) is 9. The van der Waals surface area contributed by atoms with Gasteiger partial charge in [0.2, 0.25) is 5.82 Å². The highest BCUT2D eigenvalue weighted by molar-refractivity contribution is 6.24. The van der Waals surface area contributed by atoms with E-state index in [1.165, 1.54) is 11.9 Å². The Bertz CT molecular complexity index is 1910. The molecule has 1 saturated heterocycles. The van der Waals surface area contributed by atoms with Crippen molar-refractivity contribution in [2.45, 2.75) is 56.7 Å². The van der Waals surface area contributed by atoms with Gasteiger partial charge in [0.15, 0.2) is 11.6 Å². The molecule has 1 unspecified atom stereocenters. The lowest BCUT2D eigenvalue weighted by molar-refractivity contribution is -0.160. The Kier molecular flexibility index (Phi) is 11.8. The van der Waals surface area contributed by atoms with Gasteiger partial charge >= 0.3 is 12.4 Å². The molecule has 11 nitrogen and oxygen atoms in total. The number of nitrogens with one attached hydrogen (secondary N) is 1. The van der Waals surface area contributed by atoms with Crippen LogP contribution in [-0.4, -0.2) is 86.8 Å². The second-order valence-electron chi connectivity index (χ2n) is 12.7. The van der Waals surface area contributed by atoms with Crippen molar-refractivity contribution in [1.82, 2.24) is 15.0 Å². The first-order valence-corrected chi connectivity index (χ1v) is 16.4. The van der Waals surface area contributed by atoms with Gasteiger partial charge in [-0.05, 0) is 50.1 Å². The standard InChI is InChI=1S/C35H34F8N4O7/c1-33-10-2-11-47(33)46(16-20-4-8-25(29(37)28(20)36)54-13-3-12-53-18-22(49)17-48)32(52)27(30(33)50)31(51)45-24-7-6-21(34(38,39)40)14-23(24)19-5-9-26(44-15-19)35(41,42)43/h4-9,14-15,22,48-50H,2-3,10-13,16-18H2,1H3,(H,45,51)/t22?,33-/m1/s1. The van der Waals surface area contributed by atoms with Crippen LogP contribution in [0.5, 0.6) is 5.75 Å². The third-order valence-corrected chi connectivity index (χ3v) is 8.94. The Morgan fingerprint density at radius 3 is 2.43 bits per heavy atom. The second kappa shape index (κ2) is 15.9. The lowest BCUT2D eigenvalue weighted by atomic mass is 9.90. The molecule has 5 rings (SSSR count). The number of nitrogens with zero attached hydrogens (tertiary/aromatic N) is 3. The van der Waals surface area contributed by atoms with Crippen LogP contribution in [-0.2, 0) is 33.2 Å². The first-order valence-electron chi connectivity index (χ1n) is 16.4. The van der Waals surface area contributed by atoms with Crippen molar-refractivity contribution in [3.05, 3.63) is 88.4 Å². The second-order valence-corrected chi connectivity index (χ2v) is 12.7. The van der Waals surface area contributed by atoms with Gasteiger partial charge < -0.3 is 30.1 Å². The highest BCUT2D eigenvalue weighted by Crippen LogP contribution is 2.43. The number of pyridine rings is 1. The van der Waals surface area contributed by atoms with E-state index in [0.717, 1.165) is 29.3 Å². The van der Waals surface area contributed by atoms with Gasteiger partial charge in [-0.15, -0.1) is 0 Å². The molecule has 2 atom stereocenters. The van der Waals surface area contributed by atoms with Crippen LogP contribution in [0.3, 0.4) is 0 Å². The number of carbonyl (C=O) groups is 2. The summed E-state index contributed by atoms with van der Waals surface area (Å²) in [6.07, 6.45) is -9.31. The molecule has 2 aromatic carbocycles. The molecule has 3 aromatic rings. The molecule has 292 valence electrons. The molecule has 0 bridgehead atoms. The van der Waals surface area contributed by atoms with Crippen molar-refractivity contribution in [3.63, 3.8) is 0 Å². The summed E-state index contributed by atoms with van der Waals surface area (Å²) in [5.41, 5.74) is -6.11. The number of aromatic nitrogens is 1. The van der Waals surface area contributed by atoms with Crippen molar-refractivity contribution in [2.75, 3.05) is 38.3 Å². The molecular formula is C35H34F8N4O7. The smallest absolute Gasteiger partial charge is 0.433 e. The molecular weight excluding hydrogens is 740 g/mol. The van der Waals surface area contributed by atoms with Gasteiger partial charge in [-0.1, -0.05) is 12.1 Å². The molecule has 2 aliphatic heterocycles. The molecule has 0 aliphatic carbocycles. The maximum Gasteiger partial charge on any atom is 0.433 e. The SMILES string of the molecule is C[C@]12CCCN1N(Cc1ccc(OCCCOCC(O)CO)c(F)c1F)C(=O)C(C(=O)Nc1ccc(C(F)(F)F)cc1-c1ccc(C(F)(F)F)nc1)=C2O. The number of aliphatic hydroxyl groups is 3. The molecule has 3 heterocycles. The van der Waals surface area contributed by atoms with Crippen LogP contribution in [0.4, 0.5) is 40.8 Å². The zero-order chi connectivity index (χ0) is 39.6. The number of benzene rings is 2. The van der Waals surface area contributed by atoms with Gasteiger partial charge in [0, 0.05) is 48.1 Å². The fourth-order valence-corrected chi connectivity index (χ4v) is 6.10. The normalized spacial score (nSPS) is 18.6. The van der Waals surface area contributed by atoms with Crippen molar-refractivity contribution < 1.29 is 69.5 Å². The van der Waals surface area contributed by atoms with Crippen LogP contribution in [0.1, 0.15) is 43.0 Å². The van der Waals surface area contributed by atoms with E-state index in [-0.39, 0.29) is 56.0 Å². The number of hydrazine groups is 1. The van der Waals surface area contributed by atoms with Crippen LogP contribution in [0.15, 0.2) is 60.0 Å². The molecule has 2 amide bonds. The average Bonchev–Trinajstić information content (AvgIpc) is 3.52. The summed E-state index contributed by atoms with van der Waals surface area (Å²) in [5, 5.41) is 34.1. The van der Waals surface area contributed by atoms with E-state index in [1.54, 1.807) is 0 Å². The van der Waals surface area contributed by atoms with Gasteiger partial charge in [0.05, 0.1) is 37.5 Å². The summed E-state index contributed by atoms with van der Waals surface area (Å²) in [7, 11) is 0. The highest BCUT2D eigenvalue weighted by Gasteiger charge is 2.53. The Morgan fingerprint density at radius 2 is 1.78 bits per heavy atom. The maximum absolute atomic E-state index is 15.4. The largest absolute Gasteiger partial charge is 0.509 e. The van der Waals surface area contributed by atoms with Gasteiger partial charge in [-0.3, -0.25) is 19.6 Å². The molecule has 1 aromatic heterocycles. The van der Waals surface area contributed by atoms with Crippen LogP contribution < -0.4 is 10.1 Å². The van der Waals surface area contributed by atoms with E-state index in [2.05, 4.69) is 10.3 Å². The highest BCUT2D eigenvalue weighted by atomic mass is 19.4. The number of amides is 2. The number of carbonyl (C=O) groups excluding carboxylic acids is 2. The van der Waals surface area contributed by atoms with Crippen molar-refractivity contribution in [3.8, 4) is 16.9 Å². The zero-order valence-electron chi connectivity index (χ0n) is 28.4. The minimum absolute atomic E-state index is 0.0909. The number of ether oxygens (including phenoxy) is 2. The molecule has 2 aliphatic rings. The number of fused-ring (bicyclic) bond motifs is 1. The van der Waals surface area contributed by atoms with Crippen LogP contribution >= 0.6 is 0 Å². The molecule has 19 heteroatoms. The number of rotatable bonds is 13. The van der Waals surface area contributed by atoms with E-state index >= 15 is 8.78 Å². The molecule has 0 radical (unpaired) electrons. The summed E-state index contributed by atoms with van der Waals surface area (Å²) < 4.78 is 121. The van der Waals surface area contributed by atoms with Gasteiger partial charge in [0.25, 0.3) is 11.8 Å². The fourth-order valence-electron chi connectivity index (χ4n) is 6.10. The molecule has 0 saturated carbocycles. The summed E-state index contributed by atoms with van der Waals surface area (Å²) in [4.78, 5) is 31.0. The van der Waals surface area contributed by atoms with Crippen LogP contribution in [0.25, 0.3) is 11.1 Å². The quantitative estimate of drug-likeness (QED) is 0.0968. The minimum atomic E-state index is -4.89. The summed E-state index contributed by atoms with van der Waals surface area (Å²) in [6, 6.07) is 5.69. The Balaban J connectivity index is 1.40. The summed E-state index contributed by atoms with van der Waals surface area (Å²) in [5.74, 6) is -6.32. The fraction of sp³-hybridized carbons (Fsp3) is 0.400. The lowest BCUT2D eigenvalue weighted by Gasteiger charge is -2.46. The van der Waals surface area contributed by atoms with Crippen LogP contribution in [0, 0.1) is 11.6 Å². The van der Waals surface area contributed by atoms with E-state index in [9.17, 15) is 46.1 Å². The number of aliphatic hydroxyl groups excluding tert-OH is 3. The number of alkyl halides is 6. The summed E-state index contributed by atoms with van der Waals surface area (Å²) >= 11 is 0. The van der Waals surface area contributed by atoms with E-state index < -0.39 is 94.5 Å². The van der Waals surface area contributed by atoms with Gasteiger partial charge in [-0.2, -0.15) is 30.7 Å². The monoisotopic (exact) mass is 774 g/mol. The number of halogens is 8. The zero-order valence-corrected chi connectivity index (χ0v) is 28.4. The molecule has 4 N–H and O–H groups in total. The third-order valence-electron chi connectivity index (χ3n) is 8.94. The van der Waals surface area contributed by atoms with Gasteiger partial charge in [-0.25, -0.2) is 9.40 Å². The topological polar surface area (TPSA) is 145 Å². The third kappa shape index (κ3) is 8.43. The summed E-state index contributed by atoms with van der Waals surface area (Å²) in [6.45, 7) is 0.413. The minimum Gasteiger partial charge on any atom is -0.509 e. The molecule has 0 spiro atoms.